The lowest BCUT2D eigenvalue weighted by atomic mass is 10.2. The number of hydrogen-bond acceptors (Lipinski definition) is 7. The summed E-state index contributed by atoms with van der Waals surface area (Å²) < 4.78 is 31.5. The third-order valence-electron chi connectivity index (χ3n) is 4.76. The highest BCUT2D eigenvalue weighted by Crippen LogP contribution is 2.15. The van der Waals surface area contributed by atoms with Gasteiger partial charge < -0.3 is 9.64 Å². The fourth-order valence-corrected chi connectivity index (χ4v) is 5.16. The Balaban J connectivity index is 1.41. The van der Waals surface area contributed by atoms with E-state index >= 15 is 0 Å². The fourth-order valence-electron chi connectivity index (χ4n) is 3.16. The zero-order valence-electron chi connectivity index (χ0n) is 16.7. The second-order valence-corrected chi connectivity index (χ2v) is 9.92. The van der Waals surface area contributed by atoms with Gasteiger partial charge in [0.2, 0.25) is 0 Å². The fraction of sp³-hybridized carbons (Fsp3) is 0.400. The number of piperazine rings is 1. The monoisotopic (exact) mass is 451 g/mol. The zero-order valence-corrected chi connectivity index (χ0v) is 18.3. The number of nitrogens with zero attached hydrogens (tertiary/aromatic N) is 2. The number of thiophene rings is 1. The van der Waals surface area contributed by atoms with E-state index < -0.39 is 28.6 Å². The van der Waals surface area contributed by atoms with Crippen LogP contribution in [-0.4, -0.2) is 68.9 Å². The lowest BCUT2D eigenvalue weighted by molar-refractivity contribution is -0.159. The smallest absolute Gasteiger partial charge is 0.321 e. The standard InChI is InChI=1S/C20H25N3O5S2/c1-16(28-18(24)14-21-30(26,27)19-8-5-13-29-19)20(25)23-11-9-22(10-12-23)15-17-6-3-2-4-7-17/h2-8,13,16,21H,9-12,14-15H2,1H3. The van der Waals surface area contributed by atoms with Gasteiger partial charge in [0.25, 0.3) is 15.9 Å². The third-order valence-corrected chi connectivity index (χ3v) is 7.55. The van der Waals surface area contributed by atoms with Crippen LogP contribution in [0.4, 0.5) is 0 Å². The van der Waals surface area contributed by atoms with Crippen LogP contribution >= 0.6 is 11.3 Å². The molecule has 10 heteroatoms. The minimum absolute atomic E-state index is 0.118. The van der Waals surface area contributed by atoms with E-state index in [0.29, 0.717) is 13.1 Å². The molecule has 2 aromatic rings. The molecule has 0 saturated carbocycles. The van der Waals surface area contributed by atoms with Crippen LogP contribution in [0.15, 0.2) is 52.1 Å². The normalized spacial score (nSPS) is 16.2. The van der Waals surface area contributed by atoms with Crippen LogP contribution in [0.5, 0.6) is 0 Å². The van der Waals surface area contributed by atoms with E-state index in [2.05, 4.69) is 21.8 Å². The van der Waals surface area contributed by atoms with Crippen molar-refractivity contribution in [1.29, 1.82) is 0 Å². The van der Waals surface area contributed by atoms with Crippen molar-refractivity contribution < 1.29 is 22.7 Å². The molecule has 0 spiro atoms. The number of carbonyl (C=O) groups is 2. The van der Waals surface area contributed by atoms with E-state index in [1.165, 1.54) is 18.6 Å². The molecule has 1 aliphatic heterocycles. The van der Waals surface area contributed by atoms with Crippen LogP contribution < -0.4 is 4.72 Å². The zero-order chi connectivity index (χ0) is 21.6. The topological polar surface area (TPSA) is 96.0 Å². The molecule has 8 nitrogen and oxygen atoms in total. The SMILES string of the molecule is CC(OC(=O)CNS(=O)(=O)c1cccs1)C(=O)N1CCN(Cc2ccccc2)CC1. The van der Waals surface area contributed by atoms with E-state index in [4.69, 9.17) is 4.74 Å². The first-order chi connectivity index (χ1) is 14.3. The first kappa shape index (κ1) is 22.4. The first-order valence-electron chi connectivity index (χ1n) is 9.63. The van der Waals surface area contributed by atoms with Crippen molar-refractivity contribution in [3.8, 4) is 0 Å². The summed E-state index contributed by atoms with van der Waals surface area (Å²) in [6, 6.07) is 13.2. The minimum Gasteiger partial charge on any atom is -0.452 e. The number of esters is 1. The van der Waals surface area contributed by atoms with Crippen molar-refractivity contribution in [2.45, 2.75) is 23.8 Å². The number of benzene rings is 1. The van der Waals surface area contributed by atoms with Gasteiger partial charge in [0.15, 0.2) is 6.10 Å². The van der Waals surface area contributed by atoms with Crippen LogP contribution in [-0.2, 0) is 30.9 Å². The molecule has 2 heterocycles. The van der Waals surface area contributed by atoms with Gasteiger partial charge in [0.1, 0.15) is 10.8 Å². The molecule has 1 N–H and O–H groups in total. The van der Waals surface area contributed by atoms with Gasteiger partial charge in [-0.05, 0) is 23.9 Å². The molecule has 1 aromatic heterocycles. The Morgan fingerprint density at radius 3 is 2.43 bits per heavy atom. The summed E-state index contributed by atoms with van der Waals surface area (Å²) in [4.78, 5) is 28.5. The Labute approximate surface area is 180 Å². The van der Waals surface area contributed by atoms with E-state index in [1.54, 1.807) is 16.3 Å². The molecule has 3 rings (SSSR count). The van der Waals surface area contributed by atoms with E-state index in [1.807, 2.05) is 18.2 Å². The predicted octanol–water partition coefficient (Wildman–Crippen LogP) is 1.30. The highest BCUT2D eigenvalue weighted by Gasteiger charge is 2.27. The van der Waals surface area contributed by atoms with Gasteiger partial charge in [0.05, 0.1) is 0 Å². The Morgan fingerprint density at radius 1 is 1.10 bits per heavy atom. The van der Waals surface area contributed by atoms with Crippen LogP contribution in [0.25, 0.3) is 0 Å². The van der Waals surface area contributed by atoms with Crippen molar-refractivity contribution in [2.75, 3.05) is 32.7 Å². The predicted molar refractivity (Wildman–Crippen MR) is 113 cm³/mol. The van der Waals surface area contributed by atoms with Gasteiger partial charge >= 0.3 is 5.97 Å². The molecule has 0 bridgehead atoms. The van der Waals surface area contributed by atoms with Gasteiger partial charge in [-0.25, -0.2) is 8.42 Å². The lowest BCUT2D eigenvalue weighted by Crippen LogP contribution is -2.51. The van der Waals surface area contributed by atoms with Crippen molar-refractivity contribution in [1.82, 2.24) is 14.5 Å². The highest BCUT2D eigenvalue weighted by atomic mass is 32.2. The summed E-state index contributed by atoms with van der Waals surface area (Å²) in [6.07, 6.45) is -0.968. The van der Waals surface area contributed by atoms with Gasteiger partial charge in [-0.3, -0.25) is 14.5 Å². The van der Waals surface area contributed by atoms with Crippen LogP contribution in [0.1, 0.15) is 12.5 Å². The van der Waals surface area contributed by atoms with Crippen LogP contribution in [0.2, 0.25) is 0 Å². The molecule has 0 radical (unpaired) electrons. The molecule has 0 aliphatic carbocycles. The number of carbonyl (C=O) groups excluding carboxylic acids is 2. The maximum atomic E-state index is 12.6. The molecule has 162 valence electrons. The molecule has 1 aromatic carbocycles. The molecular formula is C20H25N3O5S2. The molecule has 30 heavy (non-hydrogen) atoms. The van der Waals surface area contributed by atoms with Crippen LogP contribution in [0, 0.1) is 0 Å². The average Bonchev–Trinajstić information content (AvgIpc) is 3.29. The maximum absolute atomic E-state index is 12.6. The second-order valence-electron chi connectivity index (χ2n) is 6.98. The Hall–Kier alpha value is -2.27. The van der Waals surface area contributed by atoms with Gasteiger partial charge in [-0.2, -0.15) is 4.72 Å². The molecule has 1 saturated heterocycles. The Morgan fingerprint density at radius 2 is 1.80 bits per heavy atom. The highest BCUT2D eigenvalue weighted by molar-refractivity contribution is 7.91. The second kappa shape index (κ2) is 10.2. The number of nitrogens with one attached hydrogen (secondary N) is 1. The molecular weight excluding hydrogens is 426 g/mol. The summed E-state index contributed by atoms with van der Waals surface area (Å²) in [6.45, 7) is 4.39. The average molecular weight is 452 g/mol. The van der Waals surface area contributed by atoms with E-state index in [0.717, 1.165) is 31.0 Å². The van der Waals surface area contributed by atoms with Crippen molar-refractivity contribution >= 4 is 33.2 Å². The van der Waals surface area contributed by atoms with Gasteiger partial charge in [0, 0.05) is 32.7 Å². The molecule has 1 fully saturated rings. The summed E-state index contributed by atoms with van der Waals surface area (Å²) in [7, 11) is -3.75. The number of ether oxygens (including phenoxy) is 1. The summed E-state index contributed by atoms with van der Waals surface area (Å²) in [5.74, 6) is -1.07. The number of sulfonamides is 1. The maximum Gasteiger partial charge on any atom is 0.321 e. The van der Waals surface area contributed by atoms with E-state index in [-0.39, 0.29) is 10.1 Å². The largest absolute Gasteiger partial charge is 0.452 e. The van der Waals surface area contributed by atoms with Crippen molar-refractivity contribution in [2.24, 2.45) is 0 Å². The van der Waals surface area contributed by atoms with Gasteiger partial charge in [-0.15, -0.1) is 11.3 Å². The molecule has 1 aliphatic rings. The third kappa shape index (κ3) is 6.11. The first-order valence-corrected chi connectivity index (χ1v) is 12.0. The number of amides is 1. The molecule has 1 atom stereocenters. The van der Waals surface area contributed by atoms with Crippen molar-refractivity contribution in [3.63, 3.8) is 0 Å². The van der Waals surface area contributed by atoms with Crippen LogP contribution in [0.3, 0.4) is 0 Å². The number of hydrogen-bond donors (Lipinski definition) is 1. The summed E-state index contributed by atoms with van der Waals surface area (Å²) >= 11 is 1.05. The minimum atomic E-state index is -3.75. The summed E-state index contributed by atoms with van der Waals surface area (Å²) in [5, 5.41) is 1.63. The molecule has 1 amide bonds. The Kier molecular flexibility index (Phi) is 7.59. The quantitative estimate of drug-likeness (QED) is 0.608. The Bertz CT molecular complexity index is 940. The number of rotatable bonds is 8. The molecule has 1 unspecified atom stereocenters. The summed E-state index contributed by atoms with van der Waals surface area (Å²) in [5.41, 5.74) is 1.23. The van der Waals surface area contributed by atoms with Crippen molar-refractivity contribution in [3.05, 3.63) is 53.4 Å². The van der Waals surface area contributed by atoms with Gasteiger partial charge in [-0.1, -0.05) is 36.4 Å². The van der Waals surface area contributed by atoms with E-state index in [9.17, 15) is 18.0 Å². The lowest BCUT2D eigenvalue weighted by Gasteiger charge is -2.35.